The van der Waals surface area contributed by atoms with E-state index in [1.165, 1.54) is 0 Å². The molecule has 1 N–H and O–H groups in total. The third-order valence-electron chi connectivity index (χ3n) is 3.09. The molecular weight excluding hydrogens is 404 g/mol. The summed E-state index contributed by atoms with van der Waals surface area (Å²) >= 11 is 6.86. The Morgan fingerprint density at radius 3 is 2.67 bits per heavy atom. The van der Waals surface area contributed by atoms with Gasteiger partial charge in [0.05, 0.1) is 41.1 Å². The Balaban J connectivity index is 2.33. The molecule has 0 spiro atoms. The predicted molar refractivity (Wildman–Crippen MR) is 86.6 cm³/mol. The molecule has 1 unspecified atom stereocenters. The standard InChI is InChI=1S/C14H16Br2N2O3/c1-20-6-5-18-13(11(16)8-17-18)14(19)9-3-4-12(21-2)10(15)7-9/h3-4,7-8,14,19H,5-6H2,1-2H3. The highest BCUT2D eigenvalue weighted by atomic mass is 79.9. The summed E-state index contributed by atoms with van der Waals surface area (Å²) in [5.74, 6) is 0.720. The van der Waals surface area contributed by atoms with Gasteiger partial charge in [0.25, 0.3) is 0 Å². The third kappa shape index (κ3) is 3.66. The molecule has 5 nitrogen and oxygen atoms in total. The molecule has 114 valence electrons. The molecule has 0 aliphatic rings. The second-order valence-corrected chi connectivity index (χ2v) is 6.10. The zero-order valence-electron chi connectivity index (χ0n) is 11.7. The molecule has 0 aliphatic heterocycles. The lowest BCUT2D eigenvalue weighted by molar-refractivity contribution is 0.171. The van der Waals surface area contributed by atoms with Crippen LogP contribution in [0.15, 0.2) is 33.3 Å². The van der Waals surface area contributed by atoms with E-state index in [0.717, 1.165) is 20.3 Å². The van der Waals surface area contributed by atoms with Gasteiger partial charge in [0, 0.05) is 7.11 Å². The van der Waals surface area contributed by atoms with E-state index in [9.17, 15) is 5.11 Å². The van der Waals surface area contributed by atoms with Crippen molar-refractivity contribution in [3.05, 3.63) is 44.6 Å². The summed E-state index contributed by atoms with van der Waals surface area (Å²) in [4.78, 5) is 0. The van der Waals surface area contributed by atoms with Gasteiger partial charge in [-0.15, -0.1) is 0 Å². The molecule has 0 saturated carbocycles. The minimum atomic E-state index is -0.791. The summed E-state index contributed by atoms with van der Waals surface area (Å²) in [5.41, 5.74) is 1.45. The summed E-state index contributed by atoms with van der Waals surface area (Å²) in [6, 6.07) is 5.48. The number of rotatable bonds is 6. The maximum Gasteiger partial charge on any atom is 0.133 e. The first kappa shape index (κ1) is 16.5. The number of aliphatic hydroxyl groups is 1. The highest BCUT2D eigenvalue weighted by Gasteiger charge is 2.20. The van der Waals surface area contributed by atoms with Crippen LogP contribution in [0.25, 0.3) is 0 Å². The molecule has 1 aromatic carbocycles. The van der Waals surface area contributed by atoms with Crippen LogP contribution < -0.4 is 4.74 Å². The summed E-state index contributed by atoms with van der Waals surface area (Å²) in [7, 11) is 3.24. The second kappa shape index (κ2) is 7.40. The first-order chi connectivity index (χ1) is 10.1. The van der Waals surface area contributed by atoms with Gasteiger partial charge >= 0.3 is 0 Å². The Kier molecular flexibility index (Phi) is 5.80. The summed E-state index contributed by atoms with van der Waals surface area (Å²) in [6.07, 6.45) is 0.883. The van der Waals surface area contributed by atoms with Crippen LogP contribution in [0.5, 0.6) is 5.75 Å². The number of nitrogens with zero attached hydrogens (tertiary/aromatic N) is 2. The van der Waals surface area contributed by atoms with E-state index >= 15 is 0 Å². The van der Waals surface area contributed by atoms with Crippen molar-refractivity contribution in [2.45, 2.75) is 12.6 Å². The van der Waals surface area contributed by atoms with Crippen molar-refractivity contribution < 1.29 is 14.6 Å². The number of hydrogen-bond donors (Lipinski definition) is 1. The molecule has 0 fully saturated rings. The van der Waals surface area contributed by atoms with Crippen LogP contribution in [-0.2, 0) is 11.3 Å². The van der Waals surface area contributed by atoms with Gasteiger partial charge in [-0.1, -0.05) is 6.07 Å². The molecule has 0 radical (unpaired) electrons. The van der Waals surface area contributed by atoms with Gasteiger partial charge < -0.3 is 14.6 Å². The van der Waals surface area contributed by atoms with Crippen LogP contribution in [0, 0.1) is 0 Å². The fraction of sp³-hybridized carbons (Fsp3) is 0.357. The van der Waals surface area contributed by atoms with Gasteiger partial charge in [0.1, 0.15) is 11.9 Å². The van der Waals surface area contributed by atoms with Crippen molar-refractivity contribution in [2.24, 2.45) is 0 Å². The van der Waals surface area contributed by atoms with Crippen LogP contribution in [0.2, 0.25) is 0 Å². The lowest BCUT2D eigenvalue weighted by Gasteiger charge is -2.15. The van der Waals surface area contributed by atoms with Gasteiger partial charge in [-0.25, -0.2) is 0 Å². The summed E-state index contributed by atoms with van der Waals surface area (Å²) in [6.45, 7) is 1.10. The van der Waals surface area contributed by atoms with Crippen LogP contribution in [0.1, 0.15) is 17.4 Å². The normalized spacial score (nSPS) is 12.4. The Bertz CT molecular complexity index is 616. The molecule has 1 heterocycles. The van der Waals surface area contributed by atoms with E-state index in [1.807, 2.05) is 18.2 Å². The number of halogens is 2. The van der Waals surface area contributed by atoms with E-state index in [1.54, 1.807) is 25.1 Å². The molecule has 0 aliphatic carbocycles. The average Bonchev–Trinajstić information content (AvgIpc) is 2.85. The first-order valence-electron chi connectivity index (χ1n) is 6.30. The predicted octanol–water partition coefficient (Wildman–Crippen LogP) is 3.14. The van der Waals surface area contributed by atoms with Crippen molar-refractivity contribution in [2.75, 3.05) is 20.8 Å². The van der Waals surface area contributed by atoms with Crippen LogP contribution in [0.3, 0.4) is 0 Å². The minimum Gasteiger partial charge on any atom is -0.496 e. The third-order valence-corrected chi connectivity index (χ3v) is 4.32. The molecule has 0 bridgehead atoms. The van der Waals surface area contributed by atoms with Crippen molar-refractivity contribution in [1.29, 1.82) is 0 Å². The van der Waals surface area contributed by atoms with Crippen molar-refractivity contribution >= 4 is 31.9 Å². The molecule has 21 heavy (non-hydrogen) atoms. The molecule has 1 aromatic heterocycles. The van der Waals surface area contributed by atoms with Crippen LogP contribution in [-0.4, -0.2) is 35.7 Å². The van der Waals surface area contributed by atoms with E-state index in [-0.39, 0.29) is 0 Å². The average molecular weight is 420 g/mol. The number of methoxy groups -OCH3 is 2. The van der Waals surface area contributed by atoms with Crippen molar-refractivity contribution in [1.82, 2.24) is 9.78 Å². The van der Waals surface area contributed by atoms with Gasteiger partial charge in [-0.3, -0.25) is 4.68 Å². The van der Waals surface area contributed by atoms with E-state index in [0.29, 0.717) is 18.8 Å². The highest BCUT2D eigenvalue weighted by molar-refractivity contribution is 9.10. The fourth-order valence-electron chi connectivity index (χ4n) is 2.01. The number of aliphatic hydroxyl groups excluding tert-OH is 1. The minimum absolute atomic E-state index is 0.528. The Morgan fingerprint density at radius 1 is 1.29 bits per heavy atom. The smallest absolute Gasteiger partial charge is 0.133 e. The molecule has 7 heteroatoms. The van der Waals surface area contributed by atoms with Gasteiger partial charge in [0.2, 0.25) is 0 Å². The maximum absolute atomic E-state index is 10.6. The Labute approximate surface area is 140 Å². The van der Waals surface area contributed by atoms with E-state index in [2.05, 4.69) is 37.0 Å². The van der Waals surface area contributed by atoms with Crippen LogP contribution >= 0.6 is 31.9 Å². The summed E-state index contributed by atoms with van der Waals surface area (Å²) < 4.78 is 13.5. The Morgan fingerprint density at radius 2 is 2.05 bits per heavy atom. The second-order valence-electron chi connectivity index (χ2n) is 4.39. The molecule has 2 aromatic rings. The van der Waals surface area contributed by atoms with E-state index < -0.39 is 6.10 Å². The summed E-state index contributed by atoms with van der Waals surface area (Å²) in [5, 5.41) is 14.9. The molecular formula is C14H16Br2N2O3. The molecule has 1 atom stereocenters. The van der Waals surface area contributed by atoms with Gasteiger partial charge in [-0.2, -0.15) is 5.10 Å². The monoisotopic (exact) mass is 418 g/mol. The highest BCUT2D eigenvalue weighted by Crippen LogP contribution is 2.33. The van der Waals surface area contributed by atoms with Crippen molar-refractivity contribution in [3.8, 4) is 5.75 Å². The molecule has 2 rings (SSSR count). The van der Waals surface area contributed by atoms with E-state index in [4.69, 9.17) is 9.47 Å². The first-order valence-corrected chi connectivity index (χ1v) is 7.88. The number of aromatic nitrogens is 2. The molecule has 0 amide bonds. The number of benzene rings is 1. The van der Waals surface area contributed by atoms with Gasteiger partial charge in [0.15, 0.2) is 0 Å². The van der Waals surface area contributed by atoms with Gasteiger partial charge in [-0.05, 0) is 49.6 Å². The lowest BCUT2D eigenvalue weighted by atomic mass is 10.1. The quantitative estimate of drug-likeness (QED) is 0.781. The largest absolute Gasteiger partial charge is 0.496 e. The molecule has 0 saturated heterocycles. The topological polar surface area (TPSA) is 56.5 Å². The Hall–Kier alpha value is -0.890. The lowest BCUT2D eigenvalue weighted by Crippen LogP contribution is -2.13. The number of ether oxygens (including phenoxy) is 2. The van der Waals surface area contributed by atoms with Crippen LogP contribution in [0.4, 0.5) is 0 Å². The maximum atomic E-state index is 10.6. The number of hydrogen-bond acceptors (Lipinski definition) is 4. The zero-order valence-corrected chi connectivity index (χ0v) is 14.9. The van der Waals surface area contributed by atoms with Crippen molar-refractivity contribution in [3.63, 3.8) is 0 Å². The fourth-order valence-corrected chi connectivity index (χ4v) is 3.08. The SMILES string of the molecule is COCCn1ncc(Br)c1C(O)c1ccc(OC)c(Br)c1. The zero-order chi connectivity index (χ0) is 15.4.